The van der Waals surface area contributed by atoms with Crippen LogP contribution >= 0.6 is 0 Å². The van der Waals surface area contributed by atoms with Crippen molar-refractivity contribution in [3.63, 3.8) is 0 Å². The summed E-state index contributed by atoms with van der Waals surface area (Å²) < 4.78 is 5.47. The van der Waals surface area contributed by atoms with Crippen molar-refractivity contribution in [1.29, 1.82) is 0 Å². The lowest BCUT2D eigenvalue weighted by Crippen LogP contribution is -2.42. The van der Waals surface area contributed by atoms with Crippen molar-refractivity contribution >= 4 is 17.2 Å². The molecule has 0 aliphatic carbocycles. The van der Waals surface area contributed by atoms with Crippen LogP contribution in [-0.2, 0) is 11.2 Å². The Bertz CT molecular complexity index is 777. The van der Waals surface area contributed by atoms with E-state index >= 15 is 0 Å². The van der Waals surface area contributed by atoms with Gasteiger partial charge in [-0.3, -0.25) is 0 Å². The van der Waals surface area contributed by atoms with Crippen molar-refractivity contribution in [3.05, 3.63) is 48.2 Å². The third-order valence-corrected chi connectivity index (χ3v) is 5.84. The number of benzene rings is 1. The molecule has 0 radical (unpaired) electrons. The molecule has 29 heavy (non-hydrogen) atoms. The smallest absolute Gasteiger partial charge is 0.128 e. The average Bonchev–Trinajstić information content (AvgIpc) is 2.79. The second-order valence-corrected chi connectivity index (χ2v) is 7.99. The van der Waals surface area contributed by atoms with Crippen molar-refractivity contribution in [2.75, 3.05) is 61.1 Å². The molecule has 2 saturated heterocycles. The summed E-state index contributed by atoms with van der Waals surface area (Å²) in [6, 6.07) is 13.6. The van der Waals surface area contributed by atoms with Crippen LogP contribution in [0.15, 0.2) is 42.6 Å². The fourth-order valence-corrected chi connectivity index (χ4v) is 4.27. The van der Waals surface area contributed by atoms with Gasteiger partial charge in [0, 0.05) is 55.9 Å². The van der Waals surface area contributed by atoms with Crippen LogP contribution in [0.3, 0.4) is 0 Å². The molecule has 0 amide bonds. The molecule has 0 unspecified atom stereocenters. The maximum atomic E-state index is 5.67. The van der Waals surface area contributed by atoms with Crippen LogP contribution in [0.1, 0.15) is 24.8 Å². The SMILES string of the molecule is NCCCc1cccc(N2CCC[C@@H](Nc3cc(N4CCOCC4)ccn3)C2)c1. The van der Waals surface area contributed by atoms with Gasteiger partial charge in [-0.25, -0.2) is 4.98 Å². The van der Waals surface area contributed by atoms with E-state index in [-0.39, 0.29) is 0 Å². The van der Waals surface area contributed by atoms with Gasteiger partial charge in [-0.15, -0.1) is 0 Å². The van der Waals surface area contributed by atoms with E-state index in [0.29, 0.717) is 6.04 Å². The lowest BCUT2D eigenvalue weighted by molar-refractivity contribution is 0.122. The van der Waals surface area contributed by atoms with E-state index in [9.17, 15) is 0 Å². The molecule has 3 heterocycles. The highest BCUT2D eigenvalue weighted by Crippen LogP contribution is 2.24. The van der Waals surface area contributed by atoms with E-state index < -0.39 is 0 Å². The van der Waals surface area contributed by atoms with E-state index in [4.69, 9.17) is 10.5 Å². The number of morpholine rings is 1. The lowest BCUT2D eigenvalue weighted by atomic mass is 10.0. The molecule has 0 spiro atoms. The van der Waals surface area contributed by atoms with E-state index in [1.807, 2.05) is 6.20 Å². The molecular formula is C23H33N5O. The van der Waals surface area contributed by atoms with Gasteiger partial charge in [0.05, 0.1) is 13.2 Å². The van der Waals surface area contributed by atoms with Crippen LogP contribution in [0.2, 0.25) is 0 Å². The molecule has 1 aromatic carbocycles. The summed E-state index contributed by atoms with van der Waals surface area (Å²) in [5, 5.41) is 3.68. The first-order chi connectivity index (χ1) is 14.3. The number of nitrogens with zero attached hydrogens (tertiary/aromatic N) is 3. The summed E-state index contributed by atoms with van der Waals surface area (Å²) in [5.74, 6) is 0.970. The van der Waals surface area contributed by atoms with E-state index in [0.717, 1.165) is 64.6 Å². The molecule has 2 fully saturated rings. The standard InChI is InChI=1S/C23H33N5O/c24-9-2-5-19-4-1-7-21(16-19)28-11-3-6-20(18-28)26-23-17-22(8-10-25-23)27-12-14-29-15-13-27/h1,4,7-8,10,16-17,20H,2-3,5-6,9,11-15,18,24H2,(H,25,26)/t20-/m1/s1. The number of nitrogens with one attached hydrogen (secondary N) is 1. The van der Waals surface area contributed by atoms with Gasteiger partial charge in [0.2, 0.25) is 0 Å². The second-order valence-electron chi connectivity index (χ2n) is 7.99. The highest BCUT2D eigenvalue weighted by molar-refractivity contribution is 5.55. The Morgan fingerprint density at radius 2 is 1.93 bits per heavy atom. The van der Waals surface area contributed by atoms with Gasteiger partial charge in [-0.05, 0) is 56.0 Å². The van der Waals surface area contributed by atoms with Gasteiger partial charge < -0.3 is 25.6 Å². The topological polar surface area (TPSA) is 66.7 Å². The molecule has 1 atom stereocenters. The predicted octanol–water partition coefficient (Wildman–Crippen LogP) is 2.89. The molecule has 2 aromatic rings. The van der Waals surface area contributed by atoms with E-state index in [1.54, 1.807) is 0 Å². The fraction of sp³-hybridized carbons (Fsp3) is 0.522. The summed E-state index contributed by atoms with van der Waals surface area (Å²) in [7, 11) is 0. The zero-order valence-corrected chi connectivity index (χ0v) is 17.2. The largest absolute Gasteiger partial charge is 0.378 e. The van der Waals surface area contributed by atoms with Gasteiger partial charge >= 0.3 is 0 Å². The van der Waals surface area contributed by atoms with Crippen LogP contribution in [0.5, 0.6) is 0 Å². The Labute approximate surface area is 174 Å². The summed E-state index contributed by atoms with van der Waals surface area (Å²) in [6.45, 7) is 6.35. The quantitative estimate of drug-likeness (QED) is 0.751. The van der Waals surface area contributed by atoms with Crippen molar-refractivity contribution in [2.24, 2.45) is 5.73 Å². The maximum absolute atomic E-state index is 5.67. The Morgan fingerprint density at radius 3 is 2.79 bits per heavy atom. The summed E-state index contributed by atoms with van der Waals surface area (Å²) in [6.07, 6.45) is 6.37. The number of anilines is 3. The van der Waals surface area contributed by atoms with Gasteiger partial charge in [-0.2, -0.15) is 0 Å². The Hall–Kier alpha value is -2.31. The number of pyridine rings is 1. The van der Waals surface area contributed by atoms with Crippen molar-refractivity contribution in [2.45, 2.75) is 31.7 Å². The third kappa shape index (κ3) is 5.40. The van der Waals surface area contributed by atoms with E-state index in [2.05, 4.69) is 56.5 Å². The van der Waals surface area contributed by atoms with Crippen LogP contribution in [0, 0.1) is 0 Å². The van der Waals surface area contributed by atoms with Gasteiger partial charge in [0.25, 0.3) is 0 Å². The Balaban J connectivity index is 1.39. The minimum Gasteiger partial charge on any atom is -0.378 e. The van der Waals surface area contributed by atoms with Gasteiger partial charge in [-0.1, -0.05) is 12.1 Å². The molecule has 6 nitrogen and oxygen atoms in total. The van der Waals surface area contributed by atoms with Crippen LogP contribution in [-0.4, -0.2) is 57.0 Å². The monoisotopic (exact) mass is 395 g/mol. The van der Waals surface area contributed by atoms with Crippen LogP contribution in [0.4, 0.5) is 17.2 Å². The lowest BCUT2D eigenvalue weighted by Gasteiger charge is -2.35. The Kier molecular flexibility index (Phi) is 6.85. The van der Waals surface area contributed by atoms with Crippen molar-refractivity contribution in [3.8, 4) is 0 Å². The molecule has 2 aliphatic rings. The van der Waals surface area contributed by atoms with Crippen molar-refractivity contribution in [1.82, 2.24) is 4.98 Å². The first-order valence-electron chi connectivity index (χ1n) is 10.9. The molecule has 6 heteroatoms. The van der Waals surface area contributed by atoms with Crippen LogP contribution < -0.4 is 20.9 Å². The highest BCUT2D eigenvalue weighted by atomic mass is 16.5. The molecule has 156 valence electrons. The molecule has 4 rings (SSSR count). The number of hydrogen-bond donors (Lipinski definition) is 2. The second kappa shape index (κ2) is 9.94. The summed E-state index contributed by atoms with van der Waals surface area (Å²) >= 11 is 0. The molecule has 1 aromatic heterocycles. The molecule has 0 saturated carbocycles. The van der Waals surface area contributed by atoms with Crippen molar-refractivity contribution < 1.29 is 4.74 Å². The van der Waals surface area contributed by atoms with E-state index in [1.165, 1.54) is 29.8 Å². The number of rotatable bonds is 7. The number of aryl methyl sites for hydroxylation is 1. The predicted molar refractivity (Wildman–Crippen MR) is 120 cm³/mol. The summed E-state index contributed by atoms with van der Waals surface area (Å²) in [5.41, 5.74) is 9.60. The maximum Gasteiger partial charge on any atom is 0.128 e. The number of ether oxygens (including phenoxy) is 1. The number of aromatic nitrogens is 1. The third-order valence-electron chi connectivity index (χ3n) is 5.84. The molecule has 3 N–H and O–H groups in total. The first kappa shape index (κ1) is 20.0. The van der Waals surface area contributed by atoms with Crippen LogP contribution in [0.25, 0.3) is 0 Å². The molecule has 0 bridgehead atoms. The minimum atomic E-state index is 0.406. The molecule has 2 aliphatic heterocycles. The first-order valence-corrected chi connectivity index (χ1v) is 10.9. The number of piperidine rings is 1. The number of hydrogen-bond acceptors (Lipinski definition) is 6. The number of nitrogens with two attached hydrogens (primary N) is 1. The zero-order chi connectivity index (χ0) is 19.9. The van der Waals surface area contributed by atoms with Gasteiger partial charge in [0.1, 0.15) is 5.82 Å². The summed E-state index contributed by atoms with van der Waals surface area (Å²) in [4.78, 5) is 9.44. The molecular weight excluding hydrogens is 362 g/mol. The zero-order valence-electron chi connectivity index (χ0n) is 17.2. The Morgan fingerprint density at radius 1 is 1.07 bits per heavy atom. The van der Waals surface area contributed by atoms with Gasteiger partial charge in [0.15, 0.2) is 0 Å². The highest BCUT2D eigenvalue weighted by Gasteiger charge is 2.21. The average molecular weight is 396 g/mol. The fourth-order valence-electron chi connectivity index (χ4n) is 4.27. The minimum absolute atomic E-state index is 0.406. The normalized spacial score (nSPS) is 20.0.